The van der Waals surface area contributed by atoms with E-state index >= 15 is 0 Å². The summed E-state index contributed by atoms with van der Waals surface area (Å²) in [6.07, 6.45) is 11.5. The quantitative estimate of drug-likeness (QED) is 0.0246. The van der Waals surface area contributed by atoms with E-state index in [1.54, 1.807) is 78.9 Å². The maximum Gasteiger partial charge on any atom is 0.410 e. The number of hydrogen-bond acceptors (Lipinski definition) is 20. The number of aromatic nitrogens is 6. The molecule has 6 aliphatic heterocycles. The van der Waals surface area contributed by atoms with Gasteiger partial charge in [0.1, 0.15) is 11.9 Å². The summed E-state index contributed by atoms with van der Waals surface area (Å²) < 4.78 is 20.3. The van der Waals surface area contributed by atoms with Gasteiger partial charge in [-0.05, 0) is 198 Å². The molecule has 120 heavy (non-hydrogen) atoms. The molecule has 4 atom stereocenters. The number of nitriles is 2. The lowest BCUT2D eigenvalue weighted by Crippen LogP contribution is -2.48. The van der Waals surface area contributed by atoms with Gasteiger partial charge in [-0.25, -0.2) is 24.1 Å². The maximum atomic E-state index is 13.6. The van der Waals surface area contributed by atoms with Gasteiger partial charge in [0.2, 0.25) is 0 Å². The molecule has 4 aromatic heterocycles. The summed E-state index contributed by atoms with van der Waals surface area (Å²) in [4.78, 5) is 91.2. The summed E-state index contributed by atoms with van der Waals surface area (Å²) in [7, 11) is 0. The van der Waals surface area contributed by atoms with Crippen LogP contribution in [0, 0.1) is 22.7 Å². The molecule has 4 bridgehead atoms. The van der Waals surface area contributed by atoms with E-state index in [1.165, 1.54) is 12.0 Å². The molecule has 6 aromatic carbocycles. The van der Waals surface area contributed by atoms with Gasteiger partial charge >= 0.3 is 6.09 Å². The predicted octanol–water partition coefficient (Wildman–Crippen LogP) is 12.3. The van der Waals surface area contributed by atoms with Crippen molar-refractivity contribution < 1.29 is 43.0 Å². The van der Waals surface area contributed by atoms with E-state index in [2.05, 4.69) is 102 Å². The van der Waals surface area contributed by atoms with Crippen molar-refractivity contribution >= 4 is 69.4 Å². The Kier molecular flexibility index (Phi) is 27.1. The zero-order valence-electron chi connectivity index (χ0n) is 69.3. The fourth-order valence-corrected chi connectivity index (χ4v) is 16.8. The molecule has 0 unspecified atom stereocenters. The van der Waals surface area contributed by atoms with Gasteiger partial charge in [0.05, 0.1) is 57.8 Å². The van der Waals surface area contributed by atoms with Gasteiger partial charge in [-0.2, -0.15) is 20.7 Å². The van der Waals surface area contributed by atoms with Crippen LogP contribution in [0.25, 0.3) is 44.3 Å². The third kappa shape index (κ3) is 20.0. The molecule has 10 heterocycles. The highest BCUT2D eigenvalue weighted by Gasteiger charge is 2.42. The summed E-state index contributed by atoms with van der Waals surface area (Å²) in [5, 5.41) is 57.1. The van der Waals surface area contributed by atoms with Crippen LogP contribution < -0.4 is 42.5 Å². The third-order valence-electron chi connectivity index (χ3n) is 23.1. The number of carbonyl (C=O) groups is 6. The second-order valence-corrected chi connectivity index (χ2v) is 32.4. The first-order valence-electron chi connectivity index (χ1n) is 42.0. The number of rotatable bonds is 25. The molecule has 8 N–H and O–H groups in total. The number of aldehydes is 1. The molecular weight excluding hydrogens is 1510 g/mol. The lowest BCUT2D eigenvalue weighted by molar-refractivity contribution is 0.0204. The molecule has 6 fully saturated rings. The average Bonchev–Trinajstić information content (AvgIpc) is 1.53. The van der Waals surface area contributed by atoms with Gasteiger partial charge in [-0.15, -0.1) is 0 Å². The number of ether oxygens (including phenoxy) is 3. The number of benzene rings is 6. The molecule has 0 spiro atoms. The molecule has 10 aromatic rings. The maximum absolute atomic E-state index is 13.6. The Balaban J connectivity index is 0.000000169. The lowest BCUT2D eigenvalue weighted by Gasteiger charge is -2.30. The Morgan fingerprint density at radius 2 is 0.992 bits per heavy atom. The molecule has 27 nitrogen and oxygen atoms in total. The average molecular weight is 1620 g/mol. The van der Waals surface area contributed by atoms with Gasteiger partial charge in [-0.1, -0.05) is 74.5 Å². The van der Waals surface area contributed by atoms with Crippen molar-refractivity contribution in [1.82, 2.24) is 71.2 Å². The number of nitrogens with one attached hydrogen (secondary N) is 8. The zero-order valence-corrected chi connectivity index (χ0v) is 69.3. The van der Waals surface area contributed by atoms with E-state index in [9.17, 15) is 39.3 Å². The minimum Gasteiger partial charge on any atom is -0.444 e. The Labute approximate surface area is 699 Å². The molecule has 27 heteroatoms. The van der Waals surface area contributed by atoms with Crippen LogP contribution in [0.3, 0.4) is 0 Å². The number of nitrogens with zero attached hydrogens (tertiary/aromatic N) is 10. The summed E-state index contributed by atoms with van der Waals surface area (Å²) in [6.45, 7) is 23.8. The molecule has 0 radical (unpaired) electrons. The minimum absolute atomic E-state index is 0.161. The van der Waals surface area contributed by atoms with Gasteiger partial charge in [0.25, 0.3) is 23.6 Å². The number of hydrogen-bond donors (Lipinski definition) is 8. The van der Waals surface area contributed by atoms with Crippen molar-refractivity contribution in [1.29, 1.82) is 10.5 Å². The van der Waals surface area contributed by atoms with Crippen molar-refractivity contribution in [3.8, 4) is 34.4 Å². The van der Waals surface area contributed by atoms with Crippen LogP contribution >= 0.6 is 0 Å². The molecule has 6 saturated heterocycles. The van der Waals surface area contributed by atoms with Crippen LogP contribution in [0.5, 0.6) is 0 Å². The Morgan fingerprint density at radius 3 is 1.41 bits per heavy atom. The summed E-state index contributed by atoms with van der Waals surface area (Å²) >= 11 is 0. The predicted molar refractivity (Wildman–Crippen MR) is 460 cm³/mol. The van der Waals surface area contributed by atoms with E-state index in [4.69, 9.17) is 24.2 Å². The highest BCUT2D eigenvalue weighted by Crippen LogP contribution is 2.36. The van der Waals surface area contributed by atoms with Crippen molar-refractivity contribution in [3.05, 3.63) is 224 Å². The van der Waals surface area contributed by atoms with Crippen LogP contribution in [0.4, 0.5) is 16.2 Å². The van der Waals surface area contributed by atoms with Crippen LogP contribution in [-0.2, 0) is 72.9 Å². The summed E-state index contributed by atoms with van der Waals surface area (Å²) in [5.41, 5.74) is 16.0. The fraction of sp³-hybridized carbons (Fsp3) is 0.398. The van der Waals surface area contributed by atoms with Gasteiger partial charge in [-0.3, -0.25) is 28.9 Å². The number of carbonyl (C=O) groups excluding carboxylic acids is 6. The molecule has 0 saturated carbocycles. The number of aryl methyl sites for hydroxylation is 4. The second-order valence-electron chi connectivity index (χ2n) is 32.4. The SMILES string of the molecule is CC(C)(C)OC(=O)N1C[C@@H]2C[C@H]1CN2.CCc1nc2c(cnn2CC)c(NC2CCOCC2)c1CNC(=O)c1cccc(C(=O)NCc2ccc(C#N)c(-c3cccc(C=O)c3)c2)c1.CCc1nc2c(cnn2CC)c(NC2CCOCC2)c1CNC(=O)c1cccc(C(=O)NCc2ccc(C#N)c(-c3cccc(CN4C[C@@H]5C[C@H]4CN5)c3)c2)c1. The highest BCUT2D eigenvalue weighted by molar-refractivity contribution is 6.01. The lowest BCUT2D eigenvalue weighted by atomic mass is 9.96. The van der Waals surface area contributed by atoms with Gasteiger partial charge in [0.15, 0.2) is 11.3 Å². The molecule has 622 valence electrons. The van der Waals surface area contributed by atoms with E-state index in [0.717, 1.165) is 155 Å². The summed E-state index contributed by atoms with van der Waals surface area (Å²) in [6, 6.07) is 46.9. The van der Waals surface area contributed by atoms with Crippen LogP contribution in [-0.4, -0.2) is 170 Å². The molecule has 0 aliphatic carbocycles. The topological polar surface area (TPSA) is 342 Å². The zero-order chi connectivity index (χ0) is 84.0. The molecule has 6 aliphatic rings. The molecule has 5 amide bonds. The van der Waals surface area contributed by atoms with Crippen molar-refractivity contribution in [2.24, 2.45) is 0 Å². The number of pyridine rings is 2. The number of piperazine rings is 2. The number of amides is 5. The minimum atomic E-state index is -0.383. The van der Waals surface area contributed by atoms with Crippen LogP contribution in [0.2, 0.25) is 0 Å². The number of anilines is 2. The first-order valence-corrected chi connectivity index (χ1v) is 42.0. The van der Waals surface area contributed by atoms with Gasteiger partial charge < -0.3 is 61.6 Å². The Bertz CT molecular complexity index is 5510. The Morgan fingerprint density at radius 1 is 0.542 bits per heavy atom. The van der Waals surface area contributed by atoms with E-state index in [-0.39, 0.29) is 73.6 Å². The van der Waals surface area contributed by atoms with Crippen LogP contribution in [0.1, 0.15) is 189 Å². The third-order valence-corrected chi connectivity index (χ3v) is 23.1. The summed E-state index contributed by atoms with van der Waals surface area (Å²) in [5.74, 6) is -1.22. The number of likely N-dealkylation sites (tertiary alicyclic amines) is 2. The van der Waals surface area contributed by atoms with Crippen molar-refractivity contribution in [2.75, 3.05) is 63.2 Å². The van der Waals surface area contributed by atoms with Gasteiger partial charge in [0, 0.05) is 185 Å². The van der Waals surface area contributed by atoms with Crippen molar-refractivity contribution in [2.45, 2.75) is 187 Å². The number of fused-ring (bicyclic) bond motifs is 6. The largest absolute Gasteiger partial charge is 0.444 e. The smallest absolute Gasteiger partial charge is 0.410 e. The normalized spacial score (nSPS) is 17.6. The van der Waals surface area contributed by atoms with Crippen molar-refractivity contribution in [3.63, 3.8) is 0 Å². The first kappa shape index (κ1) is 84.2. The van der Waals surface area contributed by atoms with E-state index in [0.29, 0.717) is 121 Å². The molecule has 16 rings (SSSR count). The molecular formula is C93H106N18O9. The second kappa shape index (κ2) is 38.7. The van der Waals surface area contributed by atoms with Crippen LogP contribution in [0.15, 0.2) is 146 Å². The van der Waals surface area contributed by atoms with E-state index < -0.39 is 0 Å². The highest BCUT2D eigenvalue weighted by atomic mass is 16.6. The first-order chi connectivity index (χ1) is 58.3. The Hall–Kier alpha value is -12.2. The standard InChI is InChI=1S/C44H49N9O3.C39H39N7O4.C10H18N2O2/c1-3-40-38(41(50-34-13-15-56-16-14-34)39-25-49-53(4-2)42(39)51-40)24-48-44(55)32-10-6-9-31(19-32)43(54)47-22-28-11-12-33(21-45)37(18-28)30-8-5-7-29(17-30)26-52-27-35-20-36(52)23-46-35;1-3-35-33(36(44-31-13-15-50-16-14-31)34-23-43-46(4-2)37(34)45-35)22-42-39(49)29-10-6-9-28(19-29)38(48)41-21-25-11-12-30(20-40)32(18-25)27-8-5-7-26(17-27)24-47;1-10(2,3)14-9(13)12-6-7-4-8(12)5-11-7/h5-12,17-19,25,34-36,46H,3-4,13-16,20,22-24,26-27H2,1-2H3,(H,47,54)(H,48,55)(H,50,51);5-12,17-19,23-24,31H,3-4,13-16,21-22H2,1-2H3,(H,41,48)(H,42,49)(H,44,45);7-8,11H,4-6H2,1-3H3/t35-,36-;;7-,8-/m0.0/s1. The van der Waals surface area contributed by atoms with E-state index in [1.807, 2.05) is 97.7 Å². The monoisotopic (exact) mass is 1620 g/mol. The fourth-order valence-electron chi connectivity index (χ4n) is 16.8.